The van der Waals surface area contributed by atoms with Gasteiger partial charge in [-0.2, -0.15) is 0 Å². The number of β-lactam (4-membered cyclic amide) rings is 1. The van der Waals surface area contributed by atoms with E-state index in [9.17, 15) is 24.3 Å². The lowest BCUT2D eigenvalue weighted by Crippen LogP contribution is -2.71. The average molecular weight is 497 g/mol. The summed E-state index contributed by atoms with van der Waals surface area (Å²) in [5.74, 6) is -2.59. The minimum absolute atomic E-state index is 0.302. The molecule has 35 heavy (non-hydrogen) atoms. The fourth-order valence-electron chi connectivity index (χ4n) is 4.54. The molecule has 0 aliphatic carbocycles. The zero-order valence-corrected chi connectivity index (χ0v) is 20.2. The second-order valence-electron chi connectivity index (χ2n) is 9.23. The Morgan fingerprint density at radius 2 is 1.66 bits per heavy atom. The van der Waals surface area contributed by atoms with Crippen LogP contribution >= 0.6 is 11.8 Å². The molecule has 0 bridgehead atoms. The van der Waals surface area contributed by atoms with Gasteiger partial charge in [0.1, 0.15) is 23.5 Å². The smallest absolute Gasteiger partial charge is 0.327 e. The van der Waals surface area contributed by atoms with Gasteiger partial charge in [0.2, 0.25) is 17.7 Å². The Labute approximate surface area is 207 Å². The molecule has 2 aliphatic heterocycles. The van der Waals surface area contributed by atoms with Crippen molar-refractivity contribution >= 4 is 35.5 Å². The number of nitrogens with two attached hydrogens (primary N) is 1. The highest BCUT2D eigenvalue weighted by molar-refractivity contribution is 8.01. The number of hydrogen-bond acceptors (Lipinski definition) is 6. The van der Waals surface area contributed by atoms with Crippen LogP contribution in [0.3, 0.4) is 0 Å². The van der Waals surface area contributed by atoms with Crippen LogP contribution in [0.4, 0.5) is 0 Å². The maximum Gasteiger partial charge on any atom is 0.327 e. The second-order valence-corrected chi connectivity index (χ2v) is 11.0. The van der Waals surface area contributed by atoms with E-state index in [4.69, 9.17) is 5.73 Å². The third-order valence-electron chi connectivity index (χ3n) is 6.29. The van der Waals surface area contributed by atoms with Crippen LogP contribution in [0.5, 0.6) is 0 Å². The molecule has 184 valence electrons. The highest BCUT2D eigenvalue weighted by Gasteiger charge is 2.64. The number of fused-ring (bicyclic) bond motifs is 1. The lowest BCUT2D eigenvalue weighted by atomic mass is 9.95. The molecule has 2 heterocycles. The van der Waals surface area contributed by atoms with E-state index in [1.54, 1.807) is 44.2 Å². The van der Waals surface area contributed by atoms with Crippen LogP contribution in [0.1, 0.15) is 31.0 Å². The van der Waals surface area contributed by atoms with Crippen molar-refractivity contribution in [1.82, 2.24) is 15.5 Å². The third kappa shape index (κ3) is 4.89. The first kappa shape index (κ1) is 24.7. The molecule has 2 saturated heterocycles. The van der Waals surface area contributed by atoms with Crippen LogP contribution < -0.4 is 16.4 Å². The standard InChI is InChI=1S/C25H28N4O5S/c1-25(2)19(24(33)34)29-22(32)18(23(29)35-25)28-21(31)17(15-11-7-4-8-12-15)27-20(30)16(26)13-14-9-5-3-6-10-14/h3-12,16-19,23H,13,26H2,1-2H3,(H,27,30)(H,28,31)(H,33,34). The quantitative estimate of drug-likeness (QED) is 0.400. The van der Waals surface area contributed by atoms with Crippen molar-refractivity contribution in [3.8, 4) is 0 Å². The third-order valence-corrected chi connectivity index (χ3v) is 7.86. The summed E-state index contributed by atoms with van der Waals surface area (Å²) in [7, 11) is 0. The number of carboxylic acids is 1. The van der Waals surface area contributed by atoms with Crippen molar-refractivity contribution in [1.29, 1.82) is 0 Å². The van der Waals surface area contributed by atoms with Crippen LogP contribution in [0.2, 0.25) is 0 Å². The number of thioether (sulfide) groups is 1. The molecule has 0 saturated carbocycles. The SMILES string of the molecule is CC1(C)SC2C(NC(=O)C(NC(=O)C(N)Cc3ccccc3)c3ccccc3)C(=O)N2C1C(=O)O. The van der Waals surface area contributed by atoms with E-state index < -0.39 is 58.0 Å². The monoisotopic (exact) mass is 496 g/mol. The van der Waals surface area contributed by atoms with E-state index in [-0.39, 0.29) is 0 Å². The van der Waals surface area contributed by atoms with Crippen molar-refractivity contribution in [2.75, 3.05) is 0 Å². The maximum atomic E-state index is 13.3. The molecule has 0 radical (unpaired) electrons. The summed E-state index contributed by atoms with van der Waals surface area (Å²) in [4.78, 5) is 52.1. The average Bonchev–Trinajstić information content (AvgIpc) is 3.09. The van der Waals surface area contributed by atoms with Crippen molar-refractivity contribution < 1.29 is 24.3 Å². The van der Waals surface area contributed by atoms with Gasteiger partial charge in [0.05, 0.1) is 6.04 Å². The van der Waals surface area contributed by atoms with Crippen molar-refractivity contribution in [2.45, 2.75) is 54.6 Å². The summed E-state index contributed by atoms with van der Waals surface area (Å²) in [5.41, 5.74) is 7.55. The molecule has 4 rings (SSSR count). The molecular weight excluding hydrogens is 468 g/mol. The molecule has 2 aromatic rings. The van der Waals surface area contributed by atoms with E-state index in [1.165, 1.54) is 16.7 Å². The molecule has 9 nitrogen and oxygen atoms in total. The number of rotatable bonds is 8. The number of hydrogen-bond donors (Lipinski definition) is 4. The minimum atomic E-state index is -1.08. The van der Waals surface area contributed by atoms with Crippen LogP contribution in [-0.2, 0) is 25.6 Å². The molecule has 5 N–H and O–H groups in total. The summed E-state index contributed by atoms with van der Waals surface area (Å²) in [5, 5.41) is 14.6. The Hall–Kier alpha value is -3.37. The van der Waals surface area contributed by atoms with E-state index in [2.05, 4.69) is 10.6 Å². The second kappa shape index (κ2) is 9.71. The normalized spacial score (nSPS) is 24.0. The molecule has 5 atom stereocenters. The van der Waals surface area contributed by atoms with Crippen LogP contribution in [0.15, 0.2) is 60.7 Å². The lowest BCUT2D eigenvalue weighted by Gasteiger charge is -2.44. The van der Waals surface area contributed by atoms with Gasteiger partial charge in [-0.3, -0.25) is 14.4 Å². The largest absolute Gasteiger partial charge is 0.480 e. The van der Waals surface area contributed by atoms with Gasteiger partial charge in [-0.15, -0.1) is 11.8 Å². The molecule has 10 heteroatoms. The van der Waals surface area contributed by atoms with Gasteiger partial charge in [0.25, 0.3) is 0 Å². The lowest BCUT2D eigenvalue weighted by molar-refractivity contribution is -0.161. The molecule has 0 aromatic heterocycles. The number of nitrogens with one attached hydrogen (secondary N) is 2. The number of carbonyl (C=O) groups is 4. The first-order valence-corrected chi connectivity index (χ1v) is 12.2. The van der Waals surface area contributed by atoms with E-state index in [0.29, 0.717) is 12.0 Å². The highest BCUT2D eigenvalue weighted by atomic mass is 32.2. The highest BCUT2D eigenvalue weighted by Crippen LogP contribution is 2.50. The van der Waals surface area contributed by atoms with Crippen LogP contribution in [0.25, 0.3) is 0 Å². The van der Waals surface area contributed by atoms with Gasteiger partial charge in [-0.1, -0.05) is 60.7 Å². The number of carbonyl (C=O) groups excluding carboxylic acids is 3. The first-order valence-electron chi connectivity index (χ1n) is 11.3. The Kier molecular flexibility index (Phi) is 6.86. The Morgan fingerprint density at radius 3 is 2.26 bits per heavy atom. The molecule has 2 fully saturated rings. The fraction of sp³-hybridized carbons (Fsp3) is 0.360. The summed E-state index contributed by atoms with van der Waals surface area (Å²) in [6.07, 6.45) is 0.302. The molecule has 5 unspecified atom stereocenters. The topological polar surface area (TPSA) is 142 Å². The van der Waals surface area contributed by atoms with Gasteiger partial charge >= 0.3 is 5.97 Å². The summed E-state index contributed by atoms with van der Waals surface area (Å²) in [6, 6.07) is 14.2. The number of amides is 3. The molecule has 3 amide bonds. The zero-order chi connectivity index (χ0) is 25.3. The minimum Gasteiger partial charge on any atom is -0.480 e. The van der Waals surface area contributed by atoms with E-state index in [1.807, 2.05) is 30.3 Å². The van der Waals surface area contributed by atoms with Crippen molar-refractivity contribution in [3.63, 3.8) is 0 Å². The summed E-state index contributed by atoms with van der Waals surface area (Å²) >= 11 is 1.34. The van der Waals surface area contributed by atoms with E-state index in [0.717, 1.165) is 5.56 Å². The van der Waals surface area contributed by atoms with E-state index >= 15 is 0 Å². The molecule has 2 aromatic carbocycles. The summed E-state index contributed by atoms with van der Waals surface area (Å²) < 4.78 is -0.705. The Bertz CT molecular complexity index is 1130. The zero-order valence-electron chi connectivity index (χ0n) is 19.4. The fourth-order valence-corrected chi connectivity index (χ4v) is 6.16. The number of benzene rings is 2. The predicted octanol–water partition coefficient (Wildman–Crippen LogP) is 1.05. The van der Waals surface area contributed by atoms with Gasteiger partial charge < -0.3 is 26.4 Å². The van der Waals surface area contributed by atoms with Crippen molar-refractivity contribution in [2.24, 2.45) is 5.73 Å². The Morgan fingerprint density at radius 1 is 1.06 bits per heavy atom. The molecule has 0 spiro atoms. The summed E-state index contributed by atoms with van der Waals surface area (Å²) in [6.45, 7) is 3.53. The molecular formula is C25H28N4O5S. The number of carboxylic acid groups (broad SMARTS) is 1. The number of nitrogens with zero attached hydrogens (tertiary/aromatic N) is 1. The molecule has 2 aliphatic rings. The van der Waals surface area contributed by atoms with Gasteiger partial charge in [0, 0.05) is 4.75 Å². The van der Waals surface area contributed by atoms with Crippen LogP contribution in [0, 0.1) is 0 Å². The predicted molar refractivity (Wildman–Crippen MR) is 131 cm³/mol. The van der Waals surface area contributed by atoms with Gasteiger partial charge in [-0.05, 0) is 31.4 Å². The van der Waals surface area contributed by atoms with Gasteiger partial charge in [0.15, 0.2) is 0 Å². The maximum absolute atomic E-state index is 13.3. The van der Waals surface area contributed by atoms with Crippen molar-refractivity contribution in [3.05, 3.63) is 71.8 Å². The van der Waals surface area contributed by atoms with Gasteiger partial charge in [-0.25, -0.2) is 4.79 Å². The first-order chi connectivity index (χ1) is 16.6. The van der Waals surface area contributed by atoms with Crippen LogP contribution in [-0.4, -0.2) is 61.9 Å². The Balaban J connectivity index is 1.48. The number of aliphatic carboxylic acids is 1.